The van der Waals surface area contributed by atoms with Crippen molar-refractivity contribution in [2.45, 2.75) is 44.2 Å². The van der Waals surface area contributed by atoms with E-state index >= 15 is 0 Å². The van der Waals surface area contributed by atoms with Gasteiger partial charge in [-0.25, -0.2) is 4.98 Å². The zero-order valence-electron chi connectivity index (χ0n) is 11.8. The molecule has 0 saturated carbocycles. The number of rotatable bonds is 6. The summed E-state index contributed by atoms with van der Waals surface area (Å²) in [6, 6.07) is 0. The second kappa shape index (κ2) is 7.79. The Kier molecular flexibility index (Phi) is 6.32. The molecule has 120 valence electrons. The number of aromatic nitrogens is 1. The summed E-state index contributed by atoms with van der Waals surface area (Å²) in [6.07, 6.45) is -0.567. The number of nitrogens with zero attached hydrogens (tertiary/aromatic N) is 2. The van der Waals surface area contributed by atoms with Gasteiger partial charge in [-0.3, -0.25) is 0 Å². The first-order chi connectivity index (χ1) is 9.99. The lowest BCUT2D eigenvalue weighted by molar-refractivity contribution is -0.185. The van der Waals surface area contributed by atoms with Crippen molar-refractivity contribution in [3.8, 4) is 0 Å². The first-order valence-electron chi connectivity index (χ1n) is 7.27. The predicted molar refractivity (Wildman–Crippen MR) is 79.8 cm³/mol. The van der Waals surface area contributed by atoms with Crippen LogP contribution in [0.1, 0.15) is 36.4 Å². The largest absolute Gasteiger partial charge is 0.391 e. The third-order valence-electron chi connectivity index (χ3n) is 3.90. The SMILES string of the molecule is FC(F)(F)C1CCN(CCCCc2nc(CCl)cs2)CC1. The van der Waals surface area contributed by atoms with E-state index < -0.39 is 12.1 Å². The van der Waals surface area contributed by atoms with Crippen molar-refractivity contribution in [1.29, 1.82) is 0 Å². The summed E-state index contributed by atoms with van der Waals surface area (Å²) in [6.45, 7) is 2.02. The highest BCUT2D eigenvalue weighted by Gasteiger charge is 2.40. The maximum atomic E-state index is 12.6. The maximum absolute atomic E-state index is 12.6. The highest BCUT2D eigenvalue weighted by molar-refractivity contribution is 7.09. The summed E-state index contributed by atoms with van der Waals surface area (Å²) in [5, 5.41) is 3.07. The highest BCUT2D eigenvalue weighted by Crippen LogP contribution is 2.34. The fourth-order valence-electron chi connectivity index (χ4n) is 2.62. The maximum Gasteiger partial charge on any atom is 0.391 e. The molecule has 1 aliphatic rings. The molecule has 7 heteroatoms. The Bertz CT molecular complexity index is 428. The van der Waals surface area contributed by atoms with E-state index in [0.29, 0.717) is 19.0 Å². The van der Waals surface area contributed by atoms with Crippen LogP contribution in [0.2, 0.25) is 0 Å². The Balaban J connectivity index is 1.60. The lowest BCUT2D eigenvalue weighted by atomic mass is 9.96. The average Bonchev–Trinajstić information content (AvgIpc) is 2.91. The molecular weight excluding hydrogens is 321 g/mol. The van der Waals surface area contributed by atoms with Crippen LogP contribution in [0.25, 0.3) is 0 Å². The second-order valence-electron chi connectivity index (χ2n) is 5.48. The zero-order chi connectivity index (χ0) is 15.3. The number of piperidine rings is 1. The first-order valence-corrected chi connectivity index (χ1v) is 8.69. The molecule has 0 atom stereocenters. The van der Waals surface area contributed by atoms with E-state index in [1.165, 1.54) is 0 Å². The Morgan fingerprint density at radius 3 is 2.57 bits per heavy atom. The molecule has 1 aromatic rings. The Morgan fingerprint density at radius 2 is 2.00 bits per heavy atom. The molecule has 0 amide bonds. The minimum Gasteiger partial charge on any atom is -0.303 e. The van der Waals surface area contributed by atoms with Crippen molar-refractivity contribution in [1.82, 2.24) is 9.88 Å². The van der Waals surface area contributed by atoms with Gasteiger partial charge in [0.25, 0.3) is 0 Å². The van der Waals surface area contributed by atoms with Gasteiger partial charge in [0.15, 0.2) is 0 Å². The van der Waals surface area contributed by atoms with Gasteiger partial charge in [-0.1, -0.05) is 0 Å². The summed E-state index contributed by atoms with van der Waals surface area (Å²) < 4.78 is 37.7. The highest BCUT2D eigenvalue weighted by atomic mass is 35.5. The summed E-state index contributed by atoms with van der Waals surface area (Å²) >= 11 is 7.33. The van der Waals surface area contributed by atoms with Crippen LogP contribution in [0.15, 0.2) is 5.38 Å². The van der Waals surface area contributed by atoms with Gasteiger partial charge >= 0.3 is 6.18 Å². The summed E-state index contributed by atoms with van der Waals surface area (Å²) in [4.78, 5) is 6.55. The molecular formula is C14H20ClF3N2S. The normalized spacial score (nSPS) is 18.3. The van der Waals surface area contributed by atoms with Crippen LogP contribution in [-0.2, 0) is 12.3 Å². The summed E-state index contributed by atoms with van der Waals surface area (Å²) in [5.41, 5.74) is 0.922. The van der Waals surface area contributed by atoms with E-state index in [0.717, 1.165) is 36.5 Å². The molecule has 0 unspecified atom stereocenters. The molecule has 1 aliphatic heterocycles. The van der Waals surface area contributed by atoms with E-state index in [2.05, 4.69) is 9.88 Å². The molecule has 2 rings (SSSR count). The van der Waals surface area contributed by atoms with E-state index in [-0.39, 0.29) is 12.8 Å². The quantitative estimate of drug-likeness (QED) is 0.560. The van der Waals surface area contributed by atoms with Gasteiger partial charge in [0, 0.05) is 5.38 Å². The number of hydrogen-bond donors (Lipinski definition) is 0. The van der Waals surface area contributed by atoms with Gasteiger partial charge in [-0.05, 0) is 51.7 Å². The molecule has 1 fully saturated rings. The fourth-order valence-corrected chi connectivity index (χ4v) is 3.69. The Morgan fingerprint density at radius 1 is 1.29 bits per heavy atom. The minimum absolute atomic E-state index is 0.245. The summed E-state index contributed by atoms with van der Waals surface area (Å²) in [7, 11) is 0. The smallest absolute Gasteiger partial charge is 0.303 e. The fraction of sp³-hybridized carbons (Fsp3) is 0.786. The average molecular weight is 341 g/mol. The number of hydrogen-bond acceptors (Lipinski definition) is 3. The molecule has 0 aliphatic carbocycles. The van der Waals surface area contributed by atoms with Crippen molar-refractivity contribution in [2.24, 2.45) is 5.92 Å². The van der Waals surface area contributed by atoms with E-state index in [9.17, 15) is 13.2 Å². The van der Waals surface area contributed by atoms with Crippen LogP contribution in [0.5, 0.6) is 0 Å². The standard InChI is InChI=1S/C14H20ClF3N2S/c15-9-12-10-21-13(19-12)3-1-2-6-20-7-4-11(5-8-20)14(16,17)18/h10-11H,1-9H2. The van der Waals surface area contributed by atoms with Crippen molar-refractivity contribution < 1.29 is 13.2 Å². The molecule has 1 saturated heterocycles. The van der Waals surface area contributed by atoms with Gasteiger partial charge < -0.3 is 4.90 Å². The molecule has 2 nitrogen and oxygen atoms in total. The molecule has 1 aromatic heterocycles. The lowest BCUT2D eigenvalue weighted by Gasteiger charge is -2.32. The second-order valence-corrected chi connectivity index (χ2v) is 6.69. The van der Waals surface area contributed by atoms with Gasteiger partial charge in [-0.2, -0.15) is 13.2 Å². The molecule has 0 radical (unpaired) electrons. The third kappa shape index (κ3) is 5.42. The molecule has 21 heavy (non-hydrogen) atoms. The van der Waals surface area contributed by atoms with Crippen molar-refractivity contribution in [2.75, 3.05) is 19.6 Å². The van der Waals surface area contributed by atoms with Crippen molar-refractivity contribution >= 4 is 22.9 Å². The van der Waals surface area contributed by atoms with Crippen LogP contribution in [0, 0.1) is 5.92 Å². The van der Waals surface area contributed by atoms with E-state index in [1.54, 1.807) is 11.3 Å². The number of aryl methyl sites for hydroxylation is 1. The Labute approximate surface area is 132 Å². The van der Waals surface area contributed by atoms with Crippen LogP contribution < -0.4 is 0 Å². The Hall–Kier alpha value is -0.330. The minimum atomic E-state index is -4.02. The van der Waals surface area contributed by atoms with Crippen LogP contribution >= 0.6 is 22.9 Å². The van der Waals surface area contributed by atoms with Gasteiger partial charge in [0.1, 0.15) is 0 Å². The van der Waals surface area contributed by atoms with Gasteiger partial charge in [0.2, 0.25) is 0 Å². The zero-order valence-corrected chi connectivity index (χ0v) is 13.4. The predicted octanol–water partition coefficient (Wildman–Crippen LogP) is 4.48. The topological polar surface area (TPSA) is 16.1 Å². The number of unbranched alkanes of at least 4 members (excludes halogenated alkanes) is 1. The monoisotopic (exact) mass is 340 g/mol. The van der Waals surface area contributed by atoms with Crippen LogP contribution in [0.3, 0.4) is 0 Å². The van der Waals surface area contributed by atoms with Crippen molar-refractivity contribution in [3.63, 3.8) is 0 Å². The van der Waals surface area contributed by atoms with E-state index in [4.69, 9.17) is 11.6 Å². The van der Waals surface area contributed by atoms with E-state index in [1.807, 2.05) is 5.38 Å². The van der Waals surface area contributed by atoms with Crippen molar-refractivity contribution in [3.05, 3.63) is 16.1 Å². The summed E-state index contributed by atoms with van der Waals surface area (Å²) in [5.74, 6) is -0.650. The lowest BCUT2D eigenvalue weighted by Crippen LogP contribution is -2.39. The third-order valence-corrected chi connectivity index (χ3v) is 5.13. The first kappa shape index (κ1) is 17.0. The molecule has 0 spiro atoms. The van der Waals surface area contributed by atoms with Gasteiger partial charge in [0.05, 0.1) is 22.5 Å². The molecule has 0 aromatic carbocycles. The number of alkyl halides is 4. The van der Waals surface area contributed by atoms with Crippen LogP contribution in [-0.4, -0.2) is 35.7 Å². The molecule has 2 heterocycles. The molecule has 0 N–H and O–H groups in total. The molecule has 0 bridgehead atoms. The number of halogens is 4. The van der Waals surface area contributed by atoms with Crippen LogP contribution in [0.4, 0.5) is 13.2 Å². The number of thiazole rings is 1. The number of likely N-dealkylation sites (tertiary alicyclic amines) is 1. The van der Waals surface area contributed by atoms with Gasteiger partial charge in [-0.15, -0.1) is 22.9 Å².